The van der Waals surface area contributed by atoms with Crippen LogP contribution in [0.15, 0.2) is 66.9 Å². The Morgan fingerprint density at radius 3 is 2.61 bits per heavy atom. The maximum absolute atomic E-state index is 13.6. The summed E-state index contributed by atoms with van der Waals surface area (Å²) in [6.45, 7) is 6.69. The Labute approximate surface area is 241 Å². The number of nitrogens with zero attached hydrogens (tertiary/aromatic N) is 5. The topological polar surface area (TPSA) is 102 Å². The molecule has 214 valence electrons. The van der Waals surface area contributed by atoms with Crippen molar-refractivity contribution in [3.63, 3.8) is 0 Å². The number of anilines is 2. The van der Waals surface area contributed by atoms with Gasteiger partial charge in [0, 0.05) is 57.1 Å². The lowest BCUT2D eigenvalue weighted by Gasteiger charge is -2.41. The van der Waals surface area contributed by atoms with Gasteiger partial charge in [0.2, 0.25) is 0 Å². The van der Waals surface area contributed by atoms with Crippen molar-refractivity contribution in [2.24, 2.45) is 0 Å². The van der Waals surface area contributed by atoms with Crippen molar-refractivity contribution in [2.75, 3.05) is 55.7 Å². The SMILES string of the molecule is C[C@H](CN(C(=O)c1ccc(C#N)cc1)c1ccccn1)N1CCN(c2cccc3c2OC(CCCCO)CO3)CC1. The van der Waals surface area contributed by atoms with Gasteiger partial charge in [-0.05, 0) is 74.7 Å². The first-order chi connectivity index (χ1) is 20.1. The van der Waals surface area contributed by atoms with Crippen LogP contribution in [0.25, 0.3) is 0 Å². The second-order valence-corrected chi connectivity index (χ2v) is 10.5. The number of carbonyl (C=O) groups excluding carboxylic acids is 1. The molecule has 0 bridgehead atoms. The quantitative estimate of drug-likeness (QED) is 0.373. The fourth-order valence-electron chi connectivity index (χ4n) is 5.42. The number of hydrogen-bond donors (Lipinski definition) is 1. The normalized spacial score (nSPS) is 17.5. The minimum absolute atomic E-state index is 0.0114. The van der Waals surface area contributed by atoms with Crippen LogP contribution in [-0.2, 0) is 0 Å². The average Bonchev–Trinajstić information content (AvgIpc) is 3.03. The summed E-state index contributed by atoms with van der Waals surface area (Å²) in [6.07, 6.45) is 4.21. The largest absolute Gasteiger partial charge is 0.486 e. The smallest absolute Gasteiger partial charge is 0.259 e. The lowest BCUT2D eigenvalue weighted by molar-refractivity contribution is 0.0819. The first-order valence-electron chi connectivity index (χ1n) is 14.3. The van der Waals surface area contributed by atoms with E-state index in [0.29, 0.717) is 30.1 Å². The Bertz CT molecular complexity index is 1340. The van der Waals surface area contributed by atoms with E-state index in [2.05, 4.69) is 33.8 Å². The number of aromatic nitrogens is 1. The first kappa shape index (κ1) is 28.4. The van der Waals surface area contributed by atoms with Gasteiger partial charge in [-0.15, -0.1) is 0 Å². The summed E-state index contributed by atoms with van der Waals surface area (Å²) in [4.78, 5) is 24.5. The summed E-state index contributed by atoms with van der Waals surface area (Å²) in [5, 5.41) is 18.3. The zero-order chi connectivity index (χ0) is 28.6. The molecule has 1 amide bonds. The van der Waals surface area contributed by atoms with Gasteiger partial charge < -0.3 is 19.5 Å². The molecule has 0 radical (unpaired) electrons. The van der Waals surface area contributed by atoms with E-state index >= 15 is 0 Å². The number of pyridine rings is 1. The molecule has 1 aromatic heterocycles. The number of benzene rings is 2. The lowest BCUT2D eigenvalue weighted by atomic mass is 10.1. The third-order valence-corrected chi connectivity index (χ3v) is 7.76. The number of unbranched alkanes of at least 4 members (excludes halogenated alkanes) is 1. The molecule has 0 spiro atoms. The van der Waals surface area contributed by atoms with Crippen LogP contribution in [0.3, 0.4) is 0 Å². The highest BCUT2D eigenvalue weighted by Crippen LogP contribution is 2.41. The fraction of sp³-hybridized carbons (Fsp3) is 0.406. The van der Waals surface area contributed by atoms with Crippen molar-refractivity contribution in [3.05, 3.63) is 78.0 Å². The third kappa shape index (κ3) is 6.79. The molecule has 3 heterocycles. The number of hydrogen-bond acceptors (Lipinski definition) is 8. The molecule has 2 aliphatic rings. The molecule has 2 atom stereocenters. The van der Waals surface area contributed by atoms with E-state index in [9.17, 15) is 4.79 Å². The van der Waals surface area contributed by atoms with E-state index in [1.165, 1.54) is 0 Å². The predicted molar refractivity (Wildman–Crippen MR) is 158 cm³/mol. The van der Waals surface area contributed by atoms with Crippen LogP contribution >= 0.6 is 0 Å². The number of amides is 1. The second kappa shape index (κ2) is 13.5. The van der Waals surface area contributed by atoms with Crippen molar-refractivity contribution >= 4 is 17.4 Å². The van der Waals surface area contributed by atoms with Gasteiger partial charge in [-0.3, -0.25) is 14.6 Å². The highest BCUT2D eigenvalue weighted by atomic mass is 16.6. The molecule has 1 N–H and O–H groups in total. The van der Waals surface area contributed by atoms with Gasteiger partial charge in [0.1, 0.15) is 18.5 Å². The second-order valence-electron chi connectivity index (χ2n) is 10.5. The molecule has 1 unspecified atom stereocenters. The van der Waals surface area contributed by atoms with Gasteiger partial charge in [0.05, 0.1) is 17.3 Å². The number of fused-ring (bicyclic) bond motifs is 1. The summed E-state index contributed by atoms with van der Waals surface area (Å²) in [5.41, 5.74) is 2.09. The molecule has 5 rings (SSSR count). The summed E-state index contributed by atoms with van der Waals surface area (Å²) < 4.78 is 12.4. The van der Waals surface area contributed by atoms with Crippen LogP contribution in [0, 0.1) is 11.3 Å². The van der Waals surface area contributed by atoms with Crippen LogP contribution in [0.5, 0.6) is 11.5 Å². The van der Waals surface area contributed by atoms with Gasteiger partial charge in [0.15, 0.2) is 11.5 Å². The first-order valence-corrected chi connectivity index (χ1v) is 14.3. The molecule has 1 fully saturated rings. The van der Waals surface area contributed by atoms with Gasteiger partial charge in [0.25, 0.3) is 5.91 Å². The highest BCUT2D eigenvalue weighted by molar-refractivity contribution is 6.05. The van der Waals surface area contributed by atoms with Gasteiger partial charge in [-0.2, -0.15) is 5.26 Å². The van der Waals surface area contributed by atoms with Crippen molar-refractivity contribution in [1.29, 1.82) is 5.26 Å². The molecule has 0 saturated carbocycles. The molecule has 0 aliphatic carbocycles. The maximum Gasteiger partial charge on any atom is 0.259 e. The van der Waals surface area contributed by atoms with E-state index < -0.39 is 0 Å². The lowest BCUT2D eigenvalue weighted by Crippen LogP contribution is -2.53. The number of carbonyl (C=O) groups is 1. The standard InChI is InChI=1S/C32H37N5O4/c1-24(22-37(30-10-2-4-15-34-30)32(39)26-13-11-25(21-33)12-14-26)35-16-18-36(19-17-35)28-8-6-9-29-31(28)41-27(23-40-29)7-3-5-20-38/h2,4,6,8-15,24,27,38H,3,5,7,16-20,22-23H2,1H3/t24-,27?/m1/s1. The van der Waals surface area contributed by atoms with Crippen molar-refractivity contribution < 1.29 is 19.4 Å². The van der Waals surface area contributed by atoms with Crippen molar-refractivity contribution in [2.45, 2.75) is 38.3 Å². The molecule has 9 nitrogen and oxygen atoms in total. The van der Waals surface area contributed by atoms with Gasteiger partial charge >= 0.3 is 0 Å². The number of ether oxygens (including phenoxy) is 2. The number of nitriles is 1. The van der Waals surface area contributed by atoms with Gasteiger partial charge in [-0.25, -0.2) is 4.98 Å². The van der Waals surface area contributed by atoms with Gasteiger partial charge in [-0.1, -0.05) is 12.1 Å². The minimum Gasteiger partial charge on any atom is -0.486 e. The van der Waals surface area contributed by atoms with E-state index in [1.54, 1.807) is 35.4 Å². The Morgan fingerprint density at radius 1 is 1.10 bits per heavy atom. The Morgan fingerprint density at radius 2 is 1.90 bits per heavy atom. The van der Waals surface area contributed by atoms with Crippen LogP contribution in [0.4, 0.5) is 11.5 Å². The van der Waals surface area contributed by atoms with E-state index in [0.717, 1.165) is 62.6 Å². The maximum atomic E-state index is 13.6. The molecule has 2 aromatic carbocycles. The summed E-state index contributed by atoms with van der Waals surface area (Å²) >= 11 is 0. The summed E-state index contributed by atoms with van der Waals surface area (Å²) in [5.74, 6) is 2.06. The zero-order valence-electron chi connectivity index (χ0n) is 23.5. The van der Waals surface area contributed by atoms with Crippen molar-refractivity contribution in [3.8, 4) is 17.6 Å². The third-order valence-electron chi connectivity index (χ3n) is 7.76. The van der Waals surface area contributed by atoms with Crippen LogP contribution in [0.1, 0.15) is 42.1 Å². The Balaban J connectivity index is 1.24. The predicted octanol–water partition coefficient (Wildman–Crippen LogP) is 4.11. The summed E-state index contributed by atoms with van der Waals surface area (Å²) in [6, 6.07) is 20.6. The molecule has 3 aromatic rings. The average molecular weight is 556 g/mol. The number of rotatable bonds is 10. The van der Waals surface area contributed by atoms with E-state index in [-0.39, 0.29) is 24.7 Å². The Hall–Kier alpha value is -4.13. The fourth-order valence-corrected chi connectivity index (χ4v) is 5.42. The molecule has 9 heteroatoms. The monoisotopic (exact) mass is 555 g/mol. The number of aliphatic hydroxyl groups is 1. The zero-order valence-corrected chi connectivity index (χ0v) is 23.5. The number of para-hydroxylation sites is 1. The van der Waals surface area contributed by atoms with Crippen molar-refractivity contribution in [1.82, 2.24) is 9.88 Å². The minimum atomic E-state index is -0.139. The molecular formula is C32H37N5O4. The molecule has 1 saturated heterocycles. The van der Waals surface area contributed by atoms with Crippen LogP contribution in [-0.4, -0.2) is 79.0 Å². The molecular weight excluding hydrogens is 518 g/mol. The summed E-state index contributed by atoms with van der Waals surface area (Å²) in [7, 11) is 0. The van der Waals surface area contributed by atoms with E-state index in [1.807, 2.05) is 30.3 Å². The van der Waals surface area contributed by atoms with E-state index in [4.69, 9.17) is 19.8 Å². The highest BCUT2D eigenvalue weighted by Gasteiger charge is 2.30. The number of aliphatic hydroxyl groups excluding tert-OH is 1. The van der Waals surface area contributed by atoms with Crippen LogP contribution in [0.2, 0.25) is 0 Å². The Kier molecular flexibility index (Phi) is 9.34. The molecule has 41 heavy (non-hydrogen) atoms. The van der Waals surface area contributed by atoms with Crippen LogP contribution < -0.4 is 19.3 Å². The molecule has 2 aliphatic heterocycles. The number of piperazine rings is 1.